The van der Waals surface area contributed by atoms with E-state index in [0.717, 1.165) is 5.56 Å². The highest BCUT2D eigenvalue weighted by atomic mass is 16.5. The molecule has 0 saturated heterocycles. The second kappa shape index (κ2) is 17.0. The smallest absolute Gasteiger partial charge is 0.242 e. The van der Waals surface area contributed by atoms with E-state index in [4.69, 9.17) is 31.4 Å². The fourth-order valence-corrected chi connectivity index (χ4v) is 4.14. The Bertz CT molecular complexity index is 1070. The molecule has 0 spiro atoms. The van der Waals surface area contributed by atoms with Crippen LogP contribution in [0.5, 0.6) is 17.2 Å². The van der Waals surface area contributed by atoms with Crippen LogP contribution in [0.4, 0.5) is 0 Å². The molecule has 2 aromatic rings. The summed E-state index contributed by atoms with van der Waals surface area (Å²) < 4.78 is 16.1. The van der Waals surface area contributed by atoms with Gasteiger partial charge in [0.1, 0.15) is 6.04 Å². The third kappa shape index (κ3) is 9.70. The molecular weight excluding hydrogens is 516 g/mol. The van der Waals surface area contributed by atoms with Crippen LogP contribution in [0.3, 0.4) is 0 Å². The van der Waals surface area contributed by atoms with Crippen molar-refractivity contribution >= 4 is 17.7 Å². The fourth-order valence-electron chi connectivity index (χ4n) is 4.14. The summed E-state index contributed by atoms with van der Waals surface area (Å²) in [4.78, 5) is 40.3. The van der Waals surface area contributed by atoms with E-state index in [0.29, 0.717) is 48.7 Å². The van der Waals surface area contributed by atoms with E-state index >= 15 is 0 Å². The average Bonchev–Trinajstić information content (AvgIpc) is 2.97. The largest absolute Gasteiger partial charge is 0.493 e. The lowest BCUT2D eigenvalue weighted by Crippen LogP contribution is -2.53. The van der Waals surface area contributed by atoms with Crippen molar-refractivity contribution in [2.75, 3.05) is 47.5 Å². The van der Waals surface area contributed by atoms with Crippen LogP contribution in [0, 0.1) is 0 Å². The number of nitrogens with zero attached hydrogens (tertiary/aromatic N) is 1. The van der Waals surface area contributed by atoms with E-state index in [1.54, 1.807) is 12.1 Å². The van der Waals surface area contributed by atoms with Crippen molar-refractivity contribution < 1.29 is 28.6 Å². The Morgan fingerprint density at radius 3 is 2.00 bits per heavy atom. The van der Waals surface area contributed by atoms with Gasteiger partial charge in [0, 0.05) is 32.7 Å². The zero-order chi connectivity index (χ0) is 29.5. The number of nitrogens with one attached hydrogen (secondary N) is 2. The van der Waals surface area contributed by atoms with E-state index in [1.807, 2.05) is 30.3 Å². The molecule has 2 unspecified atom stereocenters. The first-order valence-electron chi connectivity index (χ1n) is 13.1. The molecule has 0 saturated carbocycles. The molecule has 2 aromatic carbocycles. The van der Waals surface area contributed by atoms with Crippen LogP contribution in [0.1, 0.15) is 24.0 Å². The molecule has 0 fully saturated rings. The van der Waals surface area contributed by atoms with Gasteiger partial charge in [0.15, 0.2) is 11.5 Å². The van der Waals surface area contributed by atoms with Gasteiger partial charge in [0.2, 0.25) is 23.5 Å². The third-order valence-electron chi connectivity index (χ3n) is 6.27. The number of aryl methyl sites for hydroxylation is 1. The van der Waals surface area contributed by atoms with Crippen molar-refractivity contribution in [1.82, 2.24) is 15.5 Å². The van der Waals surface area contributed by atoms with Gasteiger partial charge in [-0.2, -0.15) is 0 Å². The van der Waals surface area contributed by atoms with Gasteiger partial charge in [-0.05, 0) is 36.1 Å². The molecular formula is C28H42N6O6. The zero-order valence-electron chi connectivity index (χ0n) is 23.5. The van der Waals surface area contributed by atoms with Crippen LogP contribution >= 0.6 is 0 Å². The van der Waals surface area contributed by atoms with E-state index < -0.39 is 23.9 Å². The van der Waals surface area contributed by atoms with Gasteiger partial charge in [-0.25, -0.2) is 0 Å². The molecule has 2 rings (SSSR count). The molecule has 0 aliphatic heterocycles. The van der Waals surface area contributed by atoms with Crippen molar-refractivity contribution in [1.29, 1.82) is 0 Å². The minimum atomic E-state index is -1.15. The third-order valence-corrected chi connectivity index (χ3v) is 6.27. The Hall–Kier alpha value is -3.87. The topological polar surface area (TPSA) is 184 Å². The Morgan fingerprint density at radius 2 is 1.48 bits per heavy atom. The summed E-state index contributed by atoms with van der Waals surface area (Å²) in [5.41, 5.74) is 18.9. The lowest BCUT2D eigenvalue weighted by Gasteiger charge is -2.24. The lowest BCUT2D eigenvalue weighted by atomic mass is 10.0. The Morgan fingerprint density at radius 1 is 0.875 bits per heavy atom. The second-order valence-corrected chi connectivity index (χ2v) is 9.11. The second-order valence-electron chi connectivity index (χ2n) is 9.11. The maximum Gasteiger partial charge on any atom is 0.242 e. The minimum Gasteiger partial charge on any atom is -0.493 e. The summed E-state index contributed by atoms with van der Waals surface area (Å²) in [5.74, 6) is 0.0153. The molecule has 0 bridgehead atoms. The Balaban J connectivity index is 2.13. The highest BCUT2D eigenvalue weighted by molar-refractivity contribution is 5.92. The predicted molar refractivity (Wildman–Crippen MR) is 152 cm³/mol. The van der Waals surface area contributed by atoms with Crippen LogP contribution in [-0.2, 0) is 27.3 Å². The van der Waals surface area contributed by atoms with Crippen molar-refractivity contribution in [2.24, 2.45) is 17.2 Å². The van der Waals surface area contributed by atoms with Gasteiger partial charge in [0.05, 0.1) is 33.8 Å². The van der Waals surface area contributed by atoms with Crippen LogP contribution < -0.4 is 42.0 Å². The Kier molecular flexibility index (Phi) is 13.7. The standard InChI is InChI=1S/C28H42N6O6/c1-38-23-15-20(16-24(39-2)26(23)40-3)18-32-28(37)22(10-9-19-7-5-4-6-8-19)33-27(36)21(31)17-25(35)34(13-11-29)14-12-30/h4-8,15-16,21-22H,9-14,17-18,29-31H2,1-3H3,(H,32,37)(H,33,36). The van der Waals surface area contributed by atoms with Gasteiger partial charge >= 0.3 is 0 Å². The number of hydrogen-bond donors (Lipinski definition) is 5. The van der Waals surface area contributed by atoms with Crippen molar-refractivity contribution in [3.63, 3.8) is 0 Å². The van der Waals surface area contributed by atoms with Crippen LogP contribution in [0.15, 0.2) is 42.5 Å². The number of rotatable bonds is 17. The van der Waals surface area contributed by atoms with E-state index in [1.165, 1.54) is 26.2 Å². The molecule has 2 atom stereocenters. The molecule has 0 radical (unpaired) electrons. The molecule has 40 heavy (non-hydrogen) atoms. The first kappa shape index (κ1) is 32.3. The summed E-state index contributed by atoms with van der Waals surface area (Å²) in [6.45, 7) is 1.30. The number of hydrogen-bond acceptors (Lipinski definition) is 9. The number of methoxy groups -OCH3 is 3. The van der Waals surface area contributed by atoms with Crippen molar-refractivity contribution in [3.8, 4) is 17.2 Å². The molecule has 0 heterocycles. The minimum absolute atomic E-state index is 0.144. The predicted octanol–water partition coefficient (Wildman–Crippen LogP) is -0.0904. The van der Waals surface area contributed by atoms with Crippen LogP contribution in [0.2, 0.25) is 0 Å². The fraction of sp³-hybridized carbons (Fsp3) is 0.464. The van der Waals surface area contributed by atoms with E-state index in [9.17, 15) is 14.4 Å². The molecule has 12 heteroatoms. The van der Waals surface area contributed by atoms with Crippen molar-refractivity contribution in [3.05, 3.63) is 53.6 Å². The quantitative estimate of drug-likeness (QED) is 0.177. The van der Waals surface area contributed by atoms with Gasteiger partial charge in [0.25, 0.3) is 0 Å². The first-order chi connectivity index (χ1) is 19.3. The summed E-state index contributed by atoms with van der Waals surface area (Å²) in [6.07, 6.45) is 0.632. The van der Waals surface area contributed by atoms with Gasteiger partial charge in [-0.15, -0.1) is 0 Å². The number of nitrogens with two attached hydrogens (primary N) is 3. The lowest BCUT2D eigenvalue weighted by molar-refractivity contribution is -0.135. The van der Waals surface area contributed by atoms with E-state index in [-0.39, 0.29) is 32.0 Å². The van der Waals surface area contributed by atoms with Crippen molar-refractivity contribution in [2.45, 2.75) is 37.9 Å². The number of carbonyl (C=O) groups is 3. The SMILES string of the molecule is COc1cc(CNC(=O)C(CCc2ccccc2)NC(=O)C(N)CC(=O)N(CCN)CCN)cc(OC)c1OC. The first-order valence-corrected chi connectivity index (χ1v) is 13.1. The van der Waals surface area contributed by atoms with Gasteiger partial charge in [-0.3, -0.25) is 14.4 Å². The molecule has 0 aliphatic rings. The van der Waals surface area contributed by atoms with Gasteiger partial charge < -0.3 is 46.9 Å². The highest BCUT2D eigenvalue weighted by Crippen LogP contribution is 2.38. The van der Waals surface area contributed by atoms with Crippen LogP contribution in [0.25, 0.3) is 0 Å². The highest BCUT2D eigenvalue weighted by Gasteiger charge is 2.26. The summed E-state index contributed by atoms with van der Waals surface area (Å²) in [7, 11) is 4.52. The molecule has 0 aromatic heterocycles. The summed E-state index contributed by atoms with van der Waals surface area (Å²) >= 11 is 0. The maximum atomic E-state index is 13.3. The maximum absolute atomic E-state index is 13.3. The number of amides is 3. The molecule has 220 valence electrons. The average molecular weight is 559 g/mol. The monoisotopic (exact) mass is 558 g/mol. The van der Waals surface area contributed by atoms with Crippen LogP contribution in [-0.4, -0.2) is 82.2 Å². The number of carbonyl (C=O) groups excluding carboxylic acids is 3. The van der Waals surface area contributed by atoms with E-state index in [2.05, 4.69) is 10.6 Å². The number of ether oxygens (including phenoxy) is 3. The summed E-state index contributed by atoms with van der Waals surface area (Å²) in [6, 6.07) is 11.0. The zero-order valence-corrected chi connectivity index (χ0v) is 23.5. The Labute approximate surface area is 235 Å². The molecule has 3 amide bonds. The molecule has 12 nitrogen and oxygen atoms in total. The van der Waals surface area contributed by atoms with Gasteiger partial charge in [-0.1, -0.05) is 30.3 Å². The molecule has 0 aliphatic carbocycles. The molecule has 8 N–H and O–H groups in total. The summed E-state index contributed by atoms with van der Waals surface area (Å²) in [5, 5.41) is 5.59. The number of benzene rings is 2. The normalized spacial score (nSPS) is 12.2.